The molecule has 0 aromatic heterocycles. The molecule has 0 amide bonds. The molecule has 0 spiro atoms. The summed E-state index contributed by atoms with van der Waals surface area (Å²) >= 11 is 1.82. The summed E-state index contributed by atoms with van der Waals surface area (Å²) in [6.45, 7) is 6.34. The number of ketones is 1. The highest BCUT2D eigenvalue weighted by atomic mass is 32.2. The van der Waals surface area contributed by atoms with Gasteiger partial charge in [-0.05, 0) is 12.5 Å². The number of rotatable bonds is 2. The first-order valence-electron chi connectivity index (χ1n) is 3.72. The van der Waals surface area contributed by atoms with Gasteiger partial charge in [0.25, 0.3) is 0 Å². The van der Waals surface area contributed by atoms with Gasteiger partial charge in [-0.25, -0.2) is 0 Å². The molecule has 1 saturated heterocycles. The second kappa shape index (κ2) is 3.93. The summed E-state index contributed by atoms with van der Waals surface area (Å²) in [5.74, 6) is 2.17. The Morgan fingerprint density at radius 1 is 1.73 bits per heavy atom. The zero-order chi connectivity index (χ0) is 8.27. The van der Waals surface area contributed by atoms with Gasteiger partial charge in [-0.15, -0.1) is 0 Å². The third-order valence-electron chi connectivity index (χ3n) is 1.66. The Labute approximate surface area is 71.4 Å². The van der Waals surface area contributed by atoms with Crippen LogP contribution in [0.15, 0.2) is 12.2 Å². The molecule has 1 heterocycles. The first-order valence-corrected chi connectivity index (χ1v) is 4.88. The Kier molecular flexibility index (Phi) is 3.15. The van der Waals surface area contributed by atoms with Gasteiger partial charge in [0.05, 0.1) is 6.04 Å². The van der Waals surface area contributed by atoms with Crippen molar-refractivity contribution < 1.29 is 4.79 Å². The van der Waals surface area contributed by atoms with Crippen molar-refractivity contribution in [2.45, 2.75) is 13.0 Å². The second-order valence-corrected chi connectivity index (χ2v) is 3.88. The van der Waals surface area contributed by atoms with E-state index < -0.39 is 0 Å². The van der Waals surface area contributed by atoms with Gasteiger partial charge in [0.1, 0.15) is 0 Å². The lowest BCUT2D eigenvalue weighted by Gasteiger charge is -2.21. The van der Waals surface area contributed by atoms with Crippen LogP contribution in [0.4, 0.5) is 0 Å². The van der Waals surface area contributed by atoms with Crippen molar-refractivity contribution in [3.05, 3.63) is 12.2 Å². The van der Waals surface area contributed by atoms with Crippen LogP contribution < -0.4 is 5.32 Å². The average Bonchev–Trinajstić information content (AvgIpc) is 2.05. The smallest absolute Gasteiger partial charge is 0.175 e. The largest absolute Gasteiger partial charge is 0.306 e. The normalized spacial score (nSPS) is 24.6. The van der Waals surface area contributed by atoms with E-state index >= 15 is 0 Å². The molecule has 3 heteroatoms. The summed E-state index contributed by atoms with van der Waals surface area (Å²) in [6.07, 6.45) is 0. The quantitative estimate of drug-likeness (QED) is 0.624. The minimum atomic E-state index is 0.0197. The van der Waals surface area contributed by atoms with Crippen molar-refractivity contribution >= 4 is 17.5 Å². The van der Waals surface area contributed by atoms with E-state index in [4.69, 9.17) is 0 Å². The fraction of sp³-hybridized carbons (Fsp3) is 0.625. The Morgan fingerprint density at radius 2 is 2.45 bits per heavy atom. The number of hydrogen-bond donors (Lipinski definition) is 1. The number of hydrogen-bond acceptors (Lipinski definition) is 3. The monoisotopic (exact) mass is 171 g/mol. The molecular formula is C8H13NOS. The van der Waals surface area contributed by atoms with Crippen LogP contribution in [0.2, 0.25) is 0 Å². The molecule has 1 aliphatic rings. The fourth-order valence-corrected chi connectivity index (χ4v) is 1.97. The lowest BCUT2D eigenvalue weighted by molar-refractivity contribution is -0.116. The van der Waals surface area contributed by atoms with E-state index in [0.29, 0.717) is 5.57 Å². The van der Waals surface area contributed by atoms with Crippen LogP contribution in [-0.4, -0.2) is 29.9 Å². The summed E-state index contributed by atoms with van der Waals surface area (Å²) in [7, 11) is 0. The minimum absolute atomic E-state index is 0.0197. The van der Waals surface area contributed by atoms with E-state index in [1.807, 2.05) is 11.8 Å². The topological polar surface area (TPSA) is 29.1 Å². The zero-order valence-electron chi connectivity index (χ0n) is 6.72. The van der Waals surface area contributed by atoms with Crippen molar-refractivity contribution in [3.8, 4) is 0 Å². The highest BCUT2D eigenvalue weighted by molar-refractivity contribution is 7.99. The van der Waals surface area contributed by atoms with Crippen molar-refractivity contribution in [1.29, 1.82) is 0 Å². The average molecular weight is 171 g/mol. The van der Waals surface area contributed by atoms with Gasteiger partial charge < -0.3 is 5.32 Å². The maximum absolute atomic E-state index is 11.3. The predicted octanol–water partition coefficient (Wildman–Crippen LogP) is 0.837. The maximum Gasteiger partial charge on any atom is 0.175 e. The summed E-state index contributed by atoms with van der Waals surface area (Å²) < 4.78 is 0. The Bertz CT molecular complexity index is 173. The molecule has 0 bridgehead atoms. The summed E-state index contributed by atoms with van der Waals surface area (Å²) in [4.78, 5) is 11.3. The molecular weight excluding hydrogens is 158 g/mol. The Morgan fingerprint density at radius 3 is 2.91 bits per heavy atom. The number of carbonyl (C=O) groups is 1. The van der Waals surface area contributed by atoms with Gasteiger partial charge in [-0.1, -0.05) is 6.58 Å². The number of Topliss-reactive ketones (excluding diaryl/α,β-unsaturated/α-hetero) is 1. The van der Waals surface area contributed by atoms with E-state index in [-0.39, 0.29) is 11.8 Å². The number of nitrogens with one attached hydrogen (secondary N) is 1. The summed E-state index contributed by atoms with van der Waals surface area (Å²) in [6, 6.07) is 0.0197. The molecule has 11 heavy (non-hydrogen) atoms. The third-order valence-corrected chi connectivity index (χ3v) is 2.72. The van der Waals surface area contributed by atoms with Crippen molar-refractivity contribution in [1.82, 2.24) is 5.32 Å². The molecule has 0 aliphatic carbocycles. The molecule has 0 aromatic rings. The van der Waals surface area contributed by atoms with Crippen LogP contribution in [0.25, 0.3) is 0 Å². The van der Waals surface area contributed by atoms with Crippen LogP contribution in [0.1, 0.15) is 6.92 Å². The van der Waals surface area contributed by atoms with Crippen molar-refractivity contribution in [2.24, 2.45) is 0 Å². The van der Waals surface area contributed by atoms with E-state index in [1.165, 1.54) is 0 Å². The molecule has 1 fully saturated rings. The standard InChI is InChI=1S/C8H13NOS/c1-6(2)8(10)7-5-11-4-3-9-7/h7,9H,1,3-5H2,2H3. The zero-order valence-corrected chi connectivity index (χ0v) is 7.54. The lowest BCUT2D eigenvalue weighted by Crippen LogP contribution is -2.43. The second-order valence-electron chi connectivity index (χ2n) is 2.73. The van der Waals surface area contributed by atoms with Crippen LogP contribution in [-0.2, 0) is 4.79 Å². The van der Waals surface area contributed by atoms with E-state index in [1.54, 1.807) is 6.92 Å². The fourth-order valence-electron chi connectivity index (χ4n) is 1.03. The molecule has 1 atom stereocenters. The maximum atomic E-state index is 11.3. The highest BCUT2D eigenvalue weighted by Crippen LogP contribution is 2.10. The van der Waals surface area contributed by atoms with Gasteiger partial charge in [0, 0.05) is 18.1 Å². The number of carbonyl (C=O) groups excluding carboxylic acids is 1. The summed E-state index contributed by atoms with van der Waals surface area (Å²) in [5, 5.41) is 3.17. The summed E-state index contributed by atoms with van der Waals surface area (Å²) in [5.41, 5.74) is 0.657. The van der Waals surface area contributed by atoms with E-state index in [9.17, 15) is 4.79 Å². The highest BCUT2D eigenvalue weighted by Gasteiger charge is 2.20. The van der Waals surface area contributed by atoms with Gasteiger partial charge in [-0.3, -0.25) is 4.79 Å². The SMILES string of the molecule is C=C(C)C(=O)C1CSCCN1. The van der Waals surface area contributed by atoms with E-state index in [2.05, 4.69) is 11.9 Å². The lowest BCUT2D eigenvalue weighted by atomic mass is 10.1. The molecule has 0 saturated carbocycles. The molecule has 0 radical (unpaired) electrons. The Balaban J connectivity index is 2.45. The van der Waals surface area contributed by atoms with Gasteiger partial charge in [0.2, 0.25) is 0 Å². The van der Waals surface area contributed by atoms with Crippen LogP contribution in [0, 0.1) is 0 Å². The first-order chi connectivity index (χ1) is 5.22. The van der Waals surface area contributed by atoms with Crippen molar-refractivity contribution in [3.63, 3.8) is 0 Å². The molecule has 1 unspecified atom stereocenters. The van der Waals surface area contributed by atoms with Gasteiger partial charge in [0.15, 0.2) is 5.78 Å². The third kappa shape index (κ3) is 2.34. The predicted molar refractivity (Wildman–Crippen MR) is 48.9 cm³/mol. The molecule has 1 rings (SSSR count). The molecule has 2 nitrogen and oxygen atoms in total. The Hall–Kier alpha value is -0.280. The van der Waals surface area contributed by atoms with Crippen LogP contribution in [0.5, 0.6) is 0 Å². The molecule has 0 aromatic carbocycles. The van der Waals surface area contributed by atoms with Crippen LogP contribution in [0.3, 0.4) is 0 Å². The van der Waals surface area contributed by atoms with Gasteiger partial charge >= 0.3 is 0 Å². The molecule has 1 N–H and O–H groups in total. The minimum Gasteiger partial charge on any atom is -0.306 e. The first kappa shape index (κ1) is 8.81. The molecule has 62 valence electrons. The van der Waals surface area contributed by atoms with E-state index in [0.717, 1.165) is 18.1 Å². The van der Waals surface area contributed by atoms with Gasteiger partial charge in [-0.2, -0.15) is 11.8 Å². The van der Waals surface area contributed by atoms with Crippen molar-refractivity contribution in [2.75, 3.05) is 18.1 Å². The molecule has 1 aliphatic heterocycles. The number of thioether (sulfide) groups is 1. The van der Waals surface area contributed by atoms with Crippen LogP contribution >= 0.6 is 11.8 Å².